The highest BCUT2D eigenvalue weighted by Gasteiger charge is 2.24. The molecule has 1 atom stereocenters. The van der Waals surface area contributed by atoms with E-state index in [-0.39, 0.29) is 0 Å². The summed E-state index contributed by atoms with van der Waals surface area (Å²) in [5.41, 5.74) is 1.28. The highest BCUT2D eigenvalue weighted by Crippen LogP contribution is 2.17. The maximum atomic E-state index is 11.4. The topological polar surface area (TPSA) is 29.1 Å². The van der Waals surface area contributed by atoms with Gasteiger partial charge < -0.3 is 5.32 Å². The van der Waals surface area contributed by atoms with Gasteiger partial charge in [0.25, 0.3) is 0 Å². The maximum Gasteiger partial charge on any atom is 0.150 e. The van der Waals surface area contributed by atoms with Gasteiger partial charge in [0.1, 0.15) is 0 Å². The standard InChI is InChI=1S/C13H13NO/c15-10-7-12-11-4-2-1-3-9(11)5-6-13(12)14-8-10/h1-5,13-14H,6-8H2. The molecule has 1 saturated heterocycles. The molecule has 2 nitrogen and oxygen atoms in total. The van der Waals surface area contributed by atoms with Crippen molar-refractivity contribution in [2.45, 2.75) is 18.9 Å². The summed E-state index contributed by atoms with van der Waals surface area (Å²) in [6.07, 6.45) is 3.90. The van der Waals surface area contributed by atoms with Gasteiger partial charge in [0.05, 0.1) is 6.54 Å². The number of hydrogen-bond donors (Lipinski definition) is 1. The average Bonchev–Trinajstić information content (AvgIpc) is 2.29. The molecule has 2 aliphatic rings. The Morgan fingerprint density at radius 3 is 3.07 bits per heavy atom. The van der Waals surface area contributed by atoms with Gasteiger partial charge in [0.15, 0.2) is 5.78 Å². The van der Waals surface area contributed by atoms with E-state index < -0.39 is 0 Å². The first-order valence-electron chi connectivity index (χ1n) is 5.38. The minimum absolute atomic E-state index is 0.304. The first-order valence-corrected chi connectivity index (χ1v) is 5.38. The second-order valence-corrected chi connectivity index (χ2v) is 4.20. The molecule has 0 amide bonds. The number of carbonyl (C=O) groups is 1. The van der Waals surface area contributed by atoms with Crippen LogP contribution in [0.4, 0.5) is 0 Å². The van der Waals surface area contributed by atoms with E-state index in [1.54, 1.807) is 0 Å². The van der Waals surface area contributed by atoms with E-state index in [9.17, 15) is 4.79 Å². The lowest BCUT2D eigenvalue weighted by Gasteiger charge is -2.27. The molecule has 1 aliphatic carbocycles. The van der Waals surface area contributed by atoms with E-state index >= 15 is 0 Å². The Morgan fingerprint density at radius 2 is 2.13 bits per heavy atom. The number of benzene rings is 1. The molecule has 1 heterocycles. The molecule has 3 rings (SSSR count). The zero-order valence-corrected chi connectivity index (χ0v) is 8.49. The van der Waals surface area contributed by atoms with Crippen molar-refractivity contribution in [1.82, 2.24) is 5.32 Å². The van der Waals surface area contributed by atoms with Crippen LogP contribution >= 0.6 is 0 Å². The number of Topliss-reactive ketones (excluding diaryl/α,β-unsaturated/α-hetero) is 1. The summed E-state index contributed by atoms with van der Waals surface area (Å²) < 4.78 is 0. The predicted molar refractivity (Wildman–Crippen MR) is 59.6 cm³/mol. The quantitative estimate of drug-likeness (QED) is 0.635. The molecule has 76 valence electrons. The van der Waals surface area contributed by atoms with E-state index in [1.165, 1.54) is 16.0 Å². The molecule has 2 heteroatoms. The smallest absolute Gasteiger partial charge is 0.150 e. The fourth-order valence-corrected chi connectivity index (χ4v) is 2.48. The molecule has 1 aromatic carbocycles. The van der Waals surface area contributed by atoms with Crippen molar-refractivity contribution in [3.05, 3.63) is 34.7 Å². The van der Waals surface area contributed by atoms with Crippen molar-refractivity contribution < 1.29 is 4.79 Å². The molecule has 1 fully saturated rings. The minimum atomic E-state index is 0.304. The molecule has 1 aliphatic heterocycles. The van der Waals surface area contributed by atoms with Gasteiger partial charge in [-0.3, -0.25) is 4.79 Å². The Balaban J connectivity index is 2.26. The second-order valence-electron chi connectivity index (χ2n) is 4.20. The van der Waals surface area contributed by atoms with Gasteiger partial charge in [-0.15, -0.1) is 0 Å². The van der Waals surface area contributed by atoms with Crippen LogP contribution in [0.25, 0.3) is 11.6 Å². The first-order chi connectivity index (χ1) is 7.34. The van der Waals surface area contributed by atoms with E-state index in [0.29, 0.717) is 24.8 Å². The van der Waals surface area contributed by atoms with Crippen LogP contribution in [0.15, 0.2) is 24.3 Å². The Morgan fingerprint density at radius 1 is 1.27 bits per heavy atom. The number of nitrogens with one attached hydrogen (secondary N) is 1. The van der Waals surface area contributed by atoms with Gasteiger partial charge in [0, 0.05) is 12.5 Å². The normalized spacial score (nSPS) is 24.1. The monoisotopic (exact) mass is 199 g/mol. The van der Waals surface area contributed by atoms with Crippen molar-refractivity contribution in [2.24, 2.45) is 0 Å². The fourth-order valence-electron chi connectivity index (χ4n) is 2.48. The molecular formula is C13H13NO. The SMILES string of the molecule is O=C1CNC2CC=c3ccccc3=C2C1. The van der Waals surface area contributed by atoms with E-state index in [4.69, 9.17) is 0 Å². The molecule has 1 unspecified atom stereocenters. The van der Waals surface area contributed by atoms with Crippen molar-refractivity contribution in [1.29, 1.82) is 0 Å². The predicted octanol–water partition coefficient (Wildman–Crippen LogP) is -0.0475. The van der Waals surface area contributed by atoms with Gasteiger partial charge in [-0.25, -0.2) is 0 Å². The molecular weight excluding hydrogens is 186 g/mol. The molecule has 1 N–H and O–H groups in total. The summed E-state index contributed by atoms with van der Waals surface area (Å²) in [5, 5.41) is 5.83. The Labute approximate surface area is 88.3 Å². The third kappa shape index (κ3) is 1.41. The summed E-state index contributed by atoms with van der Waals surface area (Å²) in [4.78, 5) is 11.4. The molecule has 0 saturated carbocycles. The van der Waals surface area contributed by atoms with Crippen LogP contribution in [-0.2, 0) is 4.79 Å². The number of piperidine rings is 1. The Kier molecular flexibility index (Phi) is 1.96. The Bertz CT molecular complexity index is 530. The summed E-state index contributed by atoms with van der Waals surface area (Å²) in [7, 11) is 0. The molecule has 0 radical (unpaired) electrons. The number of ketones is 1. The summed E-state index contributed by atoms with van der Waals surface area (Å²) in [5.74, 6) is 0.304. The van der Waals surface area contributed by atoms with Crippen LogP contribution in [-0.4, -0.2) is 18.4 Å². The summed E-state index contributed by atoms with van der Waals surface area (Å²) in [6, 6.07) is 8.72. The number of carbonyl (C=O) groups excluding carboxylic acids is 1. The van der Waals surface area contributed by atoms with Gasteiger partial charge in [0.2, 0.25) is 0 Å². The van der Waals surface area contributed by atoms with E-state index in [2.05, 4.69) is 23.5 Å². The lowest BCUT2D eigenvalue weighted by Crippen LogP contribution is -2.47. The number of fused-ring (bicyclic) bond motifs is 2. The molecule has 0 bridgehead atoms. The highest BCUT2D eigenvalue weighted by atomic mass is 16.1. The fraction of sp³-hybridized carbons (Fsp3) is 0.308. The van der Waals surface area contributed by atoms with Crippen LogP contribution in [0.5, 0.6) is 0 Å². The van der Waals surface area contributed by atoms with Crippen molar-refractivity contribution in [3.63, 3.8) is 0 Å². The van der Waals surface area contributed by atoms with Crippen LogP contribution < -0.4 is 15.8 Å². The molecule has 15 heavy (non-hydrogen) atoms. The molecule has 0 aromatic heterocycles. The van der Waals surface area contributed by atoms with E-state index in [1.807, 2.05) is 12.1 Å². The Hall–Kier alpha value is -1.41. The zero-order chi connectivity index (χ0) is 10.3. The van der Waals surface area contributed by atoms with Gasteiger partial charge in [-0.2, -0.15) is 0 Å². The van der Waals surface area contributed by atoms with Crippen LogP contribution in [0.3, 0.4) is 0 Å². The van der Waals surface area contributed by atoms with Gasteiger partial charge in [-0.05, 0) is 22.4 Å². The molecule has 1 aromatic rings. The van der Waals surface area contributed by atoms with Gasteiger partial charge in [-0.1, -0.05) is 30.3 Å². The minimum Gasteiger partial charge on any atom is -0.303 e. The van der Waals surface area contributed by atoms with Crippen molar-refractivity contribution in [2.75, 3.05) is 6.54 Å². The third-order valence-electron chi connectivity index (χ3n) is 3.23. The lowest BCUT2D eigenvalue weighted by atomic mass is 9.88. The zero-order valence-electron chi connectivity index (χ0n) is 8.49. The average molecular weight is 199 g/mol. The van der Waals surface area contributed by atoms with Crippen LogP contribution in [0, 0.1) is 0 Å². The van der Waals surface area contributed by atoms with Crippen LogP contribution in [0.2, 0.25) is 0 Å². The van der Waals surface area contributed by atoms with Crippen molar-refractivity contribution >= 4 is 17.4 Å². The number of rotatable bonds is 0. The maximum absolute atomic E-state index is 11.4. The summed E-state index contributed by atoms with van der Waals surface area (Å²) in [6.45, 7) is 0.532. The largest absolute Gasteiger partial charge is 0.303 e. The van der Waals surface area contributed by atoms with Crippen LogP contribution in [0.1, 0.15) is 12.8 Å². The highest BCUT2D eigenvalue weighted by molar-refractivity contribution is 5.91. The second kappa shape index (κ2) is 3.31. The van der Waals surface area contributed by atoms with E-state index in [0.717, 1.165) is 6.42 Å². The molecule has 0 spiro atoms. The third-order valence-corrected chi connectivity index (χ3v) is 3.23. The first kappa shape index (κ1) is 8.86. The number of hydrogen-bond acceptors (Lipinski definition) is 2. The van der Waals surface area contributed by atoms with Crippen molar-refractivity contribution in [3.8, 4) is 0 Å². The lowest BCUT2D eigenvalue weighted by molar-refractivity contribution is -0.117. The van der Waals surface area contributed by atoms with Gasteiger partial charge >= 0.3 is 0 Å². The summed E-state index contributed by atoms with van der Waals surface area (Å²) >= 11 is 0.